The topological polar surface area (TPSA) is 103 Å². The quantitative estimate of drug-likeness (QED) is 0.517. The third-order valence-corrected chi connectivity index (χ3v) is 5.36. The molecule has 1 aromatic carbocycles. The summed E-state index contributed by atoms with van der Waals surface area (Å²) >= 11 is 0. The van der Waals surface area contributed by atoms with E-state index < -0.39 is 11.9 Å². The first-order valence-electron chi connectivity index (χ1n) is 10.3. The van der Waals surface area contributed by atoms with E-state index >= 15 is 0 Å². The van der Waals surface area contributed by atoms with Gasteiger partial charge in [-0.15, -0.1) is 0 Å². The first kappa shape index (κ1) is 21.2. The minimum Gasteiger partial charge on any atom is -0.441 e. The molecular weight excluding hydrogens is 405 g/mol. The van der Waals surface area contributed by atoms with Gasteiger partial charge in [0.2, 0.25) is 5.89 Å². The van der Waals surface area contributed by atoms with Gasteiger partial charge in [0.05, 0.1) is 25.4 Å². The Bertz CT molecular complexity index is 986. The van der Waals surface area contributed by atoms with Crippen molar-refractivity contribution >= 4 is 11.9 Å². The molecule has 2 aromatic rings. The van der Waals surface area contributed by atoms with Crippen molar-refractivity contribution < 1.29 is 27.9 Å². The number of nitrogens with one attached hydrogen (secondary N) is 2. The summed E-state index contributed by atoms with van der Waals surface area (Å²) in [5, 5.41) is 4.58. The van der Waals surface area contributed by atoms with Gasteiger partial charge in [-0.2, -0.15) is 0 Å². The third-order valence-electron chi connectivity index (χ3n) is 5.36. The van der Waals surface area contributed by atoms with Crippen molar-refractivity contribution in [1.29, 1.82) is 0 Å². The van der Waals surface area contributed by atoms with Gasteiger partial charge in [0.15, 0.2) is 0 Å². The van der Waals surface area contributed by atoms with Crippen LogP contribution in [0.25, 0.3) is 11.5 Å². The van der Waals surface area contributed by atoms with Gasteiger partial charge < -0.3 is 19.2 Å². The number of aromatic nitrogens is 1. The minimum atomic E-state index is -0.520. The number of carbonyl (C=O) groups excluding carboxylic acids is 2. The Labute approximate surface area is 178 Å². The summed E-state index contributed by atoms with van der Waals surface area (Å²) in [6.45, 7) is 2.39. The Hall–Kier alpha value is -3.04. The van der Waals surface area contributed by atoms with Crippen LogP contribution in [0.3, 0.4) is 0 Å². The Morgan fingerprint density at radius 2 is 1.90 bits per heavy atom. The molecule has 8 nitrogen and oxygen atoms in total. The van der Waals surface area contributed by atoms with E-state index in [0.29, 0.717) is 23.8 Å². The lowest BCUT2D eigenvalue weighted by Crippen LogP contribution is -2.28. The highest BCUT2D eigenvalue weighted by Gasteiger charge is 2.25. The standard InChI is InChI=1S/C22H24FN3O5/c1-13-19(24-21(31-13)14-5-7-15(23)8-6-14)12-30-17-4-2-3-16(11-17)29-10-9-18-20(27)26-22(28)25-18/h5-9,16-17H,2-4,10-12H2,1H3,(H2,25,26,27,28). The zero-order valence-electron chi connectivity index (χ0n) is 17.2. The van der Waals surface area contributed by atoms with Crippen LogP contribution >= 0.6 is 0 Å². The first-order chi connectivity index (χ1) is 15.0. The van der Waals surface area contributed by atoms with Crippen LogP contribution in [0.4, 0.5) is 9.18 Å². The average molecular weight is 429 g/mol. The number of halogens is 1. The molecule has 2 atom stereocenters. The number of amides is 3. The molecular formula is C22H24FN3O5. The number of hydrogen-bond donors (Lipinski definition) is 2. The van der Waals surface area contributed by atoms with Crippen LogP contribution < -0.4 is 10.6 Å². The molecule has 1 saturated heterocycles. The summed E-state index contributed by atoms with van der Waals surface area (Å²) in [4.78, 5) is 27.1. The van der Waals surface area contributed by atoms with E-state index in [1.165, 1.54) is 12.1 Å². The summed E-state index contributed by atoms with van der Waals surface area (Å²) in [5.41, 5.74) is 1.64. The van der Waals surface area contributed by atoms with Gasteiger partial charge in [-0.05, 0) is 62.9 Å². The zero-order valence-corrected chi connectivity index (χ0v) is 17.2. The molecule has 1 aromatic heterocycles. The van der Waals surface area contributed by atoms with Crippen molar-refractivity contribution in [2.75, 3.05) is 6.61 Å². The lowest BCUT2D eigenvalue weighted by molar-refractivity contribution is -0.115. The lowest BCUT2D eigenvalue weighted by atomic mass is 9.95. The second-order valence-electron chi connectivity index (χ2n) is 7.61. The van der Waals surface area contributed by atoms with Gasteiger partial charge >= 0.3 is 6.03 Å². The van der Waals surface area contributed by atoms with Crippen molar-refractivity contribution in [3.05, 3.63) is 53.3 Å². The van der Waals surface area contributed by atoms with E-state index in [-0.39, 0.29) is 30.3 Å². The zero-order chi connectivity index (χ0) is 21.8. The van der Waals surface area contributed by atoms with Crippen molar-refractivity contribution in [3.8, 4) is 11.5 Å². The number of rotatable bonds is 7. The smallest absolute Gasteiger partial charge is 0.326 e. The summed E-state index contributed by atoms with van der Waals surface area (Å²) in [6, 6.07) is 5.48. The van der Waals surface area contributed by atoms with Gasteiger partial charge in [0.1, 0.15) is 23.0 Å². The van der Waals surface area contributed by atoms with E-state index in [1.54, 1.807) is 18.2 Å². The fourth-order valence-electron chi connectivity index (χ4n) is 3.67. The van der Waals surface area contributed by atoms with Crippen LogP contribution in [0.15, 0.2) is 40.5 Å². The molecule has 2 fully saturated rings. The highest BCUT2D eigenvalue weighted by Crippen LogP contribution is 2.26. The maximum atomic E-state index is 13.1. The van der Waals surface area contributed by atoms with Crippen LogP contribution in [0, 0.1) is 12.7 Å². The van der Waals surface area contributed by atoms with E-state index in [0.717, 1.165) is 31.4 Å². The van der Waals surface area contributed by atoms with Crippen LogP contribution in [-0.4, -0.2) is 35.7 Å². The van der Waals surface area contributed by atoms with Crippen LogP contribution in [0.1, 0.15) is 37.1 Å². The van der Waals surface area contributed by atoms with Gasteiger partial charge in [0, 0.05) is 5.56 Å². The molecule has 31 heavy (non-hydrogen) atoms. The normalized spacial score (nSPS) is 22.6. The number of benzene rings is 1. The van der Waals surface area contributed by atoms with Crippen LogP contribution in [-0.2, 0) is 20.9 Å². The van der Waals surface area contributed by atoms with Crippen LogP contribution in [0.5, 0.6) is 0 Å². The second-order valence-corrected chi connectivity index (χ2v) is 7.61. The van der Waals surface area contributed by atoms with Gasteiger partial charge in [-0.1, -0.05) is 0 Å². The second kappa shape index (κ2) is 9.40. The predicted molar refractivity (Wildman–Crippen MR) is 108 cm³/mol. The number of oxazole rings is 1. The highest BCUT2D eigenvalue weighted by molar-refractivity contribution is 6.11. The number of ether oxygens (including phenoxy) is 2. The molecule has 9 heteroatoms. The molecule has 1 saturated carbocycles. The highest BCUT2D eigenvalue weighted by atomic mass is 19.1. The molecule has 4 rings (SSSR count). The van der Waals surface area contributed by atoms with E-state index in [1.807, 2.05) is 6.92 Å². The number of hydrogen-bond acceptors (Lipinski definition) is 6. The van der Waals surface area contributed by atoms with E-state index in [2.05, 4.69) is 15.6 Å². The summed E-state index contributed by atoms with van der Waals surface area (Å²) in [7, 11) is 0. The molecule has 1 aliphatic carbocycles. The molecule has 164 valence electrons. The fourth-order valence-corrected chi connectivity index (χ4v) is 3.67. The molecule has 2 unspecified atom stereocenters. The maximum absolute atomic E-state index is 13.1. The van der Waals surface area contributed by atoms with Gasteiger partial charge in [-0.3, -0.25) is 10.1 Å². The molecule has 3 amide bonds. The molecule has 0 bridgehead atoms. The molecule has 0 spiro atoms. The van der Waals surface area contributed by atoms with Crippen molar-refractivity contribution in [3.63, 3.8) is 0 Å². The summed E-state index contributed by atoms with van der Waals surface area (Å²) in [5.74, 6) is 0.363. The Morgan fingerprint density at radius 3 is 2.61 bits per heavy atom. The number of urea groups is 1. The average Bonchev–Trinajstić information content (AvgIpc) is 3.28. The Kier molecular flexibility index (Phi) is 6.43. The molecule has 0 radical (unpaired) electrons. The fraction of sp³-hybridized carbons (Fsp3) is 0.409. The molecule has 1 aliphatic heterocycles. The minimum absolute atomic E-state index is 0.0175. The third kappa shape index (κ3) is 5.36. The number of imide groups is 1. The number of aryl methyl sites for hydroxylation is 1. The Morgan fingerprint density at radius 1 is 1.16 bits per heavy atom. The summed E-state index contributed by atoms with van der Waals surface area (Å²) in [6.07, 6.45) is 5.18. The van der Waals surface area contributed by atoms with Crippen molar-refractivity contribution in [2.24, 2.45) is 0 Å². The number of carbonyl (C=O) groups is 2. The lowest BCUT2D eigenvalue weighted by Gasteiger charge is -2.28. The Balaban J connectivity index is 1.27. The predicted octanol–water partition coefficient (Wildman–Crippen LogP) is 3.36. The maximum Gasteiger partial charge on any atom is 0.326 e. The van der Waals surface area contributed by atoms with E-state index in [4.69, 9.17) is 13.9 Å². The molecule has 2 N–H and O–H groups in total. The van der Waals surface area contributed by atoms with Crippen molar-refractivity contribution in [1.82, 2.24) is 15.6 Å². The van der Waals surface area contributed by atoms with E-state index in [9.17, 15) is 14.0 Å². The van der Waals surface area contributed by atoms with Gasteiger partial charge in [-0.25, -0.2) is 14.2 Å². The molecule has 2 aliphatic rings. The largest absolute Gasteiger partial charge is 0.441 e. The first-order valence-corrected chi connectivity index (χ1v) is 10.3. The summed E-state index contributed by atoms with van der Waals surface area (Å²) < 4.78 is 30.7. The number of nitrogens with zero attached hydrogens (tertiary/aromatic N) is 1. The van der Waals surface area contributed by atoms with Gasteiger partial charge in [0.25, 0.3) is 5.91 Å². The SMILES string of the molecule is Cc1oc(-c2ccc(F)cc2)nc1COC1CCCC(OCC=C2NC(=O)NC2=O)C1. The molecule has 2 heterocycles. The van der Waals surface area contributed by atoms with Crippen LogP contribution in [0.2, 0.25) is 0 Å². The monoisotopic (exact) mass is 429 g/mol. The van der Waals surface area contributed by atoms with Crippen molar-refractivity contribution in [2.45, 2.75) is 51.4 Å².